The van der Waals surface area contributed by atoms with Crippen molar-refractivity contribution in [2.24, 2.45) is 0 Å². The SMILES string of the molecule is [CH3][1In]([CH3])[CH3]. The molecule has 0 aliphatic rings. The van der Waals surface area contributed by atoms with Crippen LogP contribution in [0, 0.1) is 0 Å². The Labute approximate surface area is 35.7 Å². The molecule has 0 aromatic heterocycles. The molecule has 0 spiro atoms. The van der Waals surface area contributed by atoms with Crippen molar-refractivity contribution in [3.05, 3.63) is 0 Å². The van der Waals surface area contributed by atoms with Gasteiger partial charge in [0.25, 0.3) is 0 Å². The summed E-state index contributed by atoms with van der Waals surface area (Å²) in [5, 5.41) is 0. The van der Waals surface area contributed by atoms with Gasteiger partial charge in [0.05, 0.1) is 0 Å². The second-order valence-corrected chi connectivity index (χ2v) is 11.6. The maximum atomic E-state index is 2.38. The van der Waals surface area contributed by atoms with E-state index in [2.05, 4.69) is 14.0 Å². The fourth-order valence-corrected chi connectivity index (χ4v) is 0. The van der Waals surface area contributed by atoms with E-state index in [1.807, 2.05) is 0 Å². The Balaban J connectivity index is 2.32. The molecule has 0 rings (SSSR count). The summed E-state index contributed by atoms with van der Waals surface area (Å²) in [6, 6.07) is 0. The van der Waals surface area contributed by atoms with Crippen LogP contribution in [0.4, 0.5) is 0 Å². The van der Waals surface area contributed by atoms with Gasteiger partial charge < -0.3 is 0 Å². The summed E-state index contributed by atoms with van der Waals surface area (Å²) in [4.78, 5) is 0. The Hall–Kier alpha value is 0.870. The van der Waals surface area contributed by atoms with Crippen LogP contribution < -0.4 is 0 Å². The molecule has 0 nitrogen and oxygen atoms in total. The van der Waals surface area contributed by atoms with E-state index in [1.54, 1.807) is 0 Å². The van der Waals surface area contributed by atoms with Crippen molar-refractivity contribution in [3.8, 4) is 0 Å². The van der Waals surface area contributed by atoms with E-state index in [0.29, 0.717) is 0 Å². The average molecular weight is 46.1 g/mol. The second-order valence-electron chi connectivity index (χ2n) is 1.73. The first kappa shape index (κ1) is 4.87. The van der Waals surface area contributed by atoms with Gasteiger partial charge in [0, 0.05) is 0 Å². The van der Waals surface area contributed by atoms with E-state index in [9.17, 15) is 0 Å². The molecule has 0 saturated heterocycles. The van der Waals surface area contributed by atoms with Crippen LogP contribution in [0.3, 0.4) is 0 Å². The Bertz CT molecular complexity index is 8.00. The molecule has 0 atom stereocenters. The van der Waals surface area contributed by atoms with Crippen LogP contribution >= 0.6 is 0 Å². The molecule has 0 saturated carbocycles. The normalized spacial score (nSPS) is 6.75. The molecule has 0 aliphatic heterocycles. The number of hydrogen-bond donors (Lipinski definition) is 0. The van der Waals surface area contributed by atoms with Gasteiger partial charge >= 0.3 is 35.5 Å². The second kappa shape index (κ2) is 2.13. The molecule has 0 fully saturated rings. The Morgan fingerprint density at radius 3 is 1.00 bits per heavy atom. The van der Waals surface area contributed by atoms with Gasteiger partial charge in [-0.1, -0.05) is 0 Å². The summed E-state index contributed by atoms with van der Waals surface area (Å²) in [7, 11) is 0. The third kappa shape index (κ3) is 13.3. The van der Waals surface area contributed by atoms with Gasteiger partial charge in [-0.2, -0.15) is 0 Å². The van der Waals surface area contributed by atoms with Crippen molar-refractivity contribution in [2.45, 2.75) is 14.0 Å². The minimum atomic E-state index is -0.637. The number of rotatable bonds is 0. The molecule has 0 unspecified atom stereocenters. The molecular formula is C3H9In. The average Bonchev–Trinajstić information content (AvgIpc) is 0.811. The van der Waals surface area contributed by atoms with E-state index in [4.69, 9.17) is 0 Å². The minimum absolute atomic E-state index is 0.637. The van der Waals surface area contributed by atoms with Crippen molar-refractivity contribution in [3.63, 3.8) is 0 Å². The van der Waals surface area contributed by atoms with Gasteiger partial charge in [0.1, 0.15) is 0 Å². The third-order valence-electron chi connectivity index (χ3n) is 0. The van der Waals surface area contributed by atoms with Crippen LogP contribution in [0.15, 0.2) is 0 Å². The quantitative estimate of drug-likeness (QED) is 0.386. The van der Waals surface area contributed by atoms with E-state index < -0.39 is 21.4 Å². The monoisotopic (exact) mass is 46.1 g/mol. The van der Waals surface area contributed by atoms with Crippen LogP contribution in [-0.2, 0) is 0 Å². The maximum absolute atomic E-state index is 2.38. The molecule has 0 radical (unpaired) electrons. The van der Waals surface area contributed by atoms with Crippen molar-refractivity contribution < 1.29 is 0 Å². The van der Waals surface area contributed by atoms with E-state index in [-0.39, 0.29) is 0 Å². The molecular weight excluding hydrogens is 37.0 g/mol. The van der Waals surface area contributed by atoms with Crippen molar-refractivity contribution >= 4 is 21.4 Å². The fourth-order valence-electron chi connectivity index (χ4n) is 0. The molecule has 0 aromatic rings. The Kier molecular flexibility index (Phi) is 2.59. The molecule has 0 N–H and O–H groups in total. The zero-order valence-electron chi connectivity index (χ0n) is 3.58. The van der Waals surface area contributed by atoms with Crippen LogP contribution in [0.5, 0.6) is 0 Å². The molecule has 0 amide bonds. The van der Waals surface area contributed by atoms with Gasteiger partial charge in [-0.25, -0.2) is 0 Å². The zero-order chi connectivity index (χ0) is 3.58. The predicted molar refractivity (Wildman–Crippen MR) is 23.3 cm³/mol. The predicted octanol–water partition coefficient (Wildman–Crippen LogP) is 1.37. The molecule has 24 valence electrons. The first-order chi connectivity index (χ1) is 1.73. The summed E-state index contributed by atoms with van der Waals surface area (Å²) in [5.41, 5.74) is 0. The molecule has 1 heteroatoms. The van der Waals surface area contributed by atoms with Crippen LogP contribution in [0.2, 0.25) is 14.0 Å². The van der Waals surface area contributed by atoms with Gasteiger partial charge in [0.2, 0.25) is 0 Å². The van der Waals surface area contributed by atoms with Crippen molar-refractivity contribution in [1.29, 1.82) is 0 Å². The van der Waals surface area contributed by atoms with E-state index in [0.717, 1.165) is 0 Å². The Morgan fingerprint density at radius 2 is 1.00 bits per heavy atom. The third-order valence-corrected chi connectivity index (χ3v) is 0. The van der Waals surface area contributed by atoms with Crippen LogP contribution in [0.25, 0.3) is 0 Å². The van der Waals surface area contributed by atoms with Gasteiger partial charge in [-0.05, 0) is 0 Å². The summed E-state index contributed by atoms with van der Waals surface area (Å²) < 4.78 is 7.13. The van der Waals surface area contributed by atoms with Crippen molar-refractivity contribution in [1.82, 2.24) is 0 Å². The zero-order valence-corrected chi connectivity index (χ0v) is 6.87. The molecule has 0 aromatic carbocycles. The van der Waals surface area contributed by atoms with Gasteiger partial charge in [-0.3, -0.25) is 0 Å². The molecule has 0 heterocycles. The first-order valence-corrected chi connectivity index (χ1v) is 11.6. The fraction of sp³-hybridized carbons (Fsp3) is 1.00. The van der Waals surface area contributed by atoms with Gasteiger partial charge in [-0.15, -0.1) is 0 Å². The molecule has 0 bridgehead atoms. The topological polar surface area (TPSA) is 0 Å². The summed E-state index contributed by atoms with van der Waals surface area (Å²) in [6.07, 6.45) is 0. The van der Waals surface area contributed by atoms with Crippen LogP contribution in [-0.4, -0.2) is 21.4 Å². The molecule has 4 heavy (non-hydrogen) atoms. The first-order valence-electron chi connectivity index (χ1n) is 1.73. The van der Waals surface area contributed by atoms with Crippen LogP contribution in [0.1, 0.15) is 0 Å². The van der Waals surface area contributed by atoms with E-state index in [1.165, 1.54) is 0 Å². The summed E-state index contributed by atoms with van der Waals surface area (Å²) in [5.74, 6) is 0. The van der Waals surface area contributed by atoms with E-state index >= 15 is 0 Å². The van der Waals surface area contributed by atoms with Crippen molar-refractivity contribution in [2.75, 3.05) is 0 Å². The summed E-state index contributed by atoms with van der Waals surface area (Å²) >= 11 is -0.637. The Morgan fingerprint density at radius 1 is 1.00 bits per heavy atom. The number of hydrogen-bond acceptors (Lipinski definition) is 0. The summed E-state index contributed by atoms with van der Waals surface area (Å²) in [6.45, 7) is 0. The molecule has 0 aliphatic carbocycles. The van der Waals surface area contributed by atoms with Gasteiger partial charge in [0.15, 0.2) is 0 Å². The standard InChI is InChI=1S/3CH3.In/h3*1H3;/i;;;1+43.